The summed E-state index contributed by atoms with van der Waals surface area (Å²) in [6.07, 6.45) is -0.294. The molecule has 0 saturated carbocycles. The van der Waals surface area contributed by atoms with Crippen LogP contribution in [0.3, 0.4) is 0 Å². The molecule has 0 bridgehead atoms. The summed E-state index contributed by atoms with van der Waals surface area (Å²) in [5, 5.41) is 2.87. The van der Waals surface area contributed by atoms with E-state index in [2.05, 4.69) is 14.9 Å². The molecule has 0 atom stereocenters. The van der Waals surface area contributed by atoms with Crippen LogP contribution in [0.15, 0.2) is 78.9 Å². The molecular weight excluding hydrogens is 516 g/mol. The van der Waals surface area contributed by atoms with Crippen molar-refractivity contribution in [2.45, 2.75) is 32.1 Å². The molecule has 0 aromatic heterocycles. The van der Waals surface area contributed by atoms with Gasteiger partial charge in [-0.05, 0) is 74.9 Å². The van der Waals surface area contributed by atoms with Crippen LogP contribution >= 0.6 is 0 Å². The van der Waals surface area contributed by atoms with E-state index in [-0.39, 0.29) is 17.8 Å². The molecule has 206 valence electrons. The van der Waals surface area contributed by atoms with Gasteiger partial charge in [-0.3, -0.25) is 9.52 Å². The molecule has 3 aromatic carbocycles. The number of anilines is 3. The molecule has 3 aromatic rings. The fraction of sp³-hybridized carbons (Fsp3) is 0.310. The van der Waals surface area contributed by atoms with E-state index in [1.165, 1.54) is 0 Å². The summed E-state index contributed by atoms with van der Waals surface area (Å²) >= 11 is 0. The van der Waals surface area contributed by atoms with Crippen molar-refractivity contribution in [1.82, 2.24) is 4.90 Å². The van der Waals surface area contributed by atoms with Crippen molar-refractivity contribution >= 4 is 39.1 Å². The number of benzene rings is 3. The Balaban J connectivity index is 1.28. The highest BCUT2D eigenvalue weighted by Gasteiger charge is 2.26. The molecule has 9 nitrogen and oxygen atoms in total. The molecule has 0 unspecified atom stereocenters. The largest absolute Gasteiger partial charge is 0.444 e. The Labute approximate surface area is 229 Å². The van der Waals surface area contributed by atoms with Crippen LogP contribution in [-0.2, 0) is 20.5 Å². The lowest BCUT2D eigenvalue weighted by atomic mass is 10.2. The SMILES string of the molecule is CC(C)(C)OC(=O)N1CCN(c2ccc(NC(=O)c3ccc(NS(=O)(=O)Cc4ccccc4)cc3)cc2)CC1. The third-order valence-corrected chi connectivity index (χ3v) is 7.30. The molecule has 4 rings (SSSR count). The van der Waals surface area contributed by atoms with Gasteiger partial charge in [-0.1, -0.05) is 30.3 Å². The first kappa shape index (κ1) is 28.0. The lowest BCUT2D eigenvalue weighted by molar-refractivity contribution is 0.0240. The molecule has 39 heavy (non-hydrogen) atoms. The van der Waals surface area contributed by atoms with Gasteiger partial charge in [0.1, 0.15) is 5.60 Å². The van der Waals surface area contributed by atoms with E-state index in [1.54, 1.807) is 53.4 Å². The van der Waals surface area contributed by atoms with Gasteiger partial charge in [0.05, 0.1) is 5.75 Å². The van der Waals surface area contributed by atoms with Gasteiger partial charge >= 0.3 is 6.09 Å². The average Bonchev–Trinajstić information content (AvgIpc) is 2.89. The van der Waals surface area contributed by atoms with Crippen molar-refractivity contribution < 1.29 is 22.7 Å². The van der Waals surface area contributed by atoms with Gasteiger partial charge in [-0.25, -0.2) is 13.2 Å². The predicted molar refractivity (Wildman–Crippen MR) is 154 cm³/mol. The van der Waals surface area contributed by atoms with Crippen LogP contribution in [0, 0.1) is 0 Å². The quantitative estimate of drug-likeness (QED) is 0.432. The van der Waals surface area contributed by atoms with Crippen LogP contribution in [0.2, 0.25) is 0 Å². The summed E-state index contributed by atoms with van der Waals surface area (Å²) in [6, 6.07) is 22.8. The van der Waals surface area contributed by atoms with Gasteiger partial charge < -0.3 is 19.9 Å². The minimum atomic E-state index is -3.58. The van der Waals surface area contributed by atoms with Crippen LogP contribution < -0.4 is 14.9 Å². The molecule has 0 aliphatic carbocycles. The highest BCUT2D eigenvalue weighted by molar-refractivity contribution is 7.91. The maximum Gasteiger partial charge on any atom is 0.410 e. The minimum absolute atomic E-state index is 0.133. The number of ether oxygens (including phenoxy) is 1. The molecule has 1 aliphatic rings. The summed E-state index contributed by atoms with van der Waals surface area (Å²) in [6.45, 7) is 8.09. The Kier molecular flexibility index (Phi) is 8.44. The molecule has 0 spiro atoms. The van der Waals surface area contributed by atoms with Gasteiger partial charge in [-0.2, -0.15) is 0 Å². The first-order valence-electron chi connectivity index (χ1n) is 12.8. The monoisotopic (exact) mass is 550 g/mol. The molecular formula is C29H34N4O5S. The zero-order valence-electron chi connectivity index (χ0n) is 22.4. The lowest BCUT2D eigenvalue weighted by Gasteiger charge is -2.36. The van der Waals surface area contributed by atoms with E-state index >= 15 is 0 Å². The Morgan fingerprint density at radius 2 is 1.41 bits per heavy atom. The third-order valence-electron chi connectivity index (χ3n) is 6.04. The van der Waals surface area contributed by atoms with Crippen molar-refractivity contribution in [2.24, 2.45) is 0 Å². The summed E-state index contributed by atoms with van der Waals surface area (Å²) in [7, 11) is -3.58. The zero-order chi connectivity index (χ0) is 28.0. The smallest absolute Gasteiger partial charge is 0.410 e. The van der Waals surface area contributed by atoms with Crippen LogP contribution in [0.4, 0.5) is 21.9 Å². The number of carbonyl (C=O) groups is 2. The van der Waals surface area contributed by atoms with E-state index in [9.17, 15) is 18.0 Å². The molecule has 1 aliphatic heterocycles. The van der Waals surface area contributed by atoms with E-state index in [4.69, 9.17) is 4.74 Å². The van der Waals surface area contributed by atoms with E-state index in [0.29, 0.717) is 48.7 Å². The van der Waals surface area contributed by atoms with Crippen LogP contribution in [0.25, 0.3) is 0 Å². The number of piperazine rings is 1. The highest BCUT2D eigenvalue weighted by Crippen LogP contribution is 2.21. The second kappa shape index (κ2) is 11.8. The molecule has 10 heteroatoms. The van der Waals surface area contributed by atoms with Gasteiger partial charge in [0.15, 0.2) is 0 Å². The first-order chi connectivity index (χ1) is 18.5. The Morgan fingerprint density at radius 1 is 0.821 bits per heavy atom. The number of hydrogen-bond donors (Lipinski definition) is 2. The van der Waals surface area contributed by atoms with Crippen molar-refractivity contribution in [3.8, 4) is 0 Å². The number of rotatable bonds is 7. The number of nitrogens with zero attached hydrogens (tertiary/aromatic N) is 2. The minimum Gasteiger partial charge on any atom is -0.444 e. The average molecular weight is 551 g/mol. The molecule has 1 heterocycles. The molecule has 0 radical (unpaired) electrons. The lowest BCUT2D eigenvalue weighted by Crippen LogP contribution is -2.50. The first-order valence-corrected chi connectivity index (χ1v) is 14.4. The van der Waals surface area contributed by atoms with Crippen molar-refractivity contribution in [3.63, 3.8) is 0 Å². The Morgan fingerprint density at radius 3 is 2.00 bits per heavy atom. The Bertz CT molecular complexity index is 1380. The second-order valence-corrected chi connectivity index (χ2v) is 12.1. The number of sulfonamides is 1. The van der Waals surface area contributed by atoms with E-state index in [1.807, 2.05) is 51.1 Å². The third kappa shape index (κ3) is 8.22. The van der Waals surface area contributed by atoms with E-state index in [0.717, 1.165) is 5.69 Å². The standard InChI is InChI=1S/C29H34N4O5S/c1-29(2,3)38-28(35)33-19-17-32(18-20-33)26-15-13-24(14-16-26)30-27(34)23-9-11-25(12-10-23)31-39(36,37)21-22-7-5-4-6-8-22/h4-16,31H,17-21H2,1-3H3,(H,30,34). The molecule has 1 fully saturated rings. The number of hydrogen-bond acceptors (Lipinski definition) is 6. The van der Waals surface area contributed by atoms with Crippen LogP contribution in [-0.4, -0.2) is 57.1 Å². The summed E-state index contributed by atoms with van der Waals surface area (Å²) < 4.78 is 32.9. The van der Waals surface area contributed by atoms with Crippen LogP contribution in [0.5, 0.6) is 0 Å². The molecule has 2 N–H and O–H groups in total. The summed E-state index contributed by atoms with van der Waals surface area (Å²) in [5.41, 5.74) is 2.61. The van der Waals surface area contributed by atoms with E-state index < -0.39 is 15.6 Å². The van der Waals surface area contributed by atoms with Crippen molar-refractivity contribution in [3.05, 3.63) is 90.0 Å². The Hall–Kier alpha value is -4.05. The second-order valence-electron chi connectivity index (χ2n) is 10.4. The zero-order valence-corrected chi connectivity index (χ0v) is 23.2. The maximum absolute atomic E-state index is 12.7. The van der Waals surface area contributed by atoms with Gasteiger partial charge in [0.2, 0.25) is 10.0 Å². The fourth-order valence-corrected chi connectivity index (χ4v) is 5.33. The van der Waals surface area contributed by atoms with Crippen molar-refractivity contribution in [1.29, 1.82) is 0 Å². The molecule has 2 amide bonds. The topological polar surface area (TPSA) is 108 Å². The fourth-order valence-electron chi connectivity index (χ4n) is 4.13. The van der Waals surface area contributed by atoms with Gasteiger partial charge in [-0.15, -0.1) is 0 Å². The van der Waals surface area contributed by atoms with Crippen LogP contribution in [0.1, 0.15) is 36.7 Å². The highest BCUT2D eigenvalue weighted by atomic mass is 32.2. The predicted octanol–water partition coefficient (Wildman–Crippen LogP) is 4.94. The normalized spacial score (nSPS) is 14.0. The number of amides is 2. The van der Waals surface area contributed by atoms with Gasteiger partial charge in [0, 0.05) is 48.8 Å². The maximum atomic E-state index is 12.7. The number of nitrogens with one attached hydrogen (secondary N) is 2. The van der Waals surface area contributed by atoms with Crippen molar-refractivity contribution in [2.75, 3.05) is 41.1 Å². The summed E-state index contributed by atoms with van der Waals surface area (Å²) in [5.74, 6) is -0.432. The summed E-state index contributed by atoms with van der Waals surface area (Å²) in [4.78, 5) is 28.9. The van der Waals surface area contributed by atoms with Gasteiger partial charge in [0.25, 0.3) is 5.91 Å². The molecule has 1 saturated heterocycles. The number of carbonyl (C=O) groups excluding carboxylic acids is 2.